The van der Waals surface area contributed by atoms with E-state index in [1.165, 1.54) is 5.69 Å². The summed E-state index contributed by atoms with van der Waals surface area (Å²) in [4.78, 5) is 2.27. The number of nitrogens with two attached hydrogens (primary N) is 1. The quantitative estimate of drug-likeness (QED) is 0.746. The fourth-order valence-electron chi connectivity index (χ4n) is 1.32. The van der Waals surface area contributed by atoms with Gasteiger partial charge < -0.3 is 10.6 Å². The minimum Gasteiger partial charge on any atom is -0.399 e. The van der Waals surface area contributed by atoms with Crippen molar-refractivity contribution < 1.29 is 0 Å². The highest BCUT2D eigenvalue weighted by atomic mass is 15.2. The van der Waals surface area contributed by atoms with Crippen LogP contribution < -0.4 is 10.6 Å². The molecule has 0 aliphatic carbocycles. The molecule has 0 amide bonds. The van der Waals surface area contributed by atoms with Gasteiger partial charge in [-0.25, -0.2) is 0 Å². The maximum atomic E-state index is 5.75. The highest BCUT2D eigenvalue weighted by Gasteiger charge is 2.21. The molecule has 1 aromatic rings. The number of rotatable bonds is 3. The van der Waals surface area contributed by atoms with Gasteiger partial charge in [-0.2, -0.15) is 0 Å². The molecular formula is C12H20N2. The molecule has 0 radical (unpaired) electrons. The summed E-state index contributed by atoms with van der Waals surface area (Å²) in [7, 11) is 2.11. The minimum absolute atomic E-state index is 0.174. The predicted molar refractivity (Wildman–Crippen MR) is 63.6 cm³/mol. The van der Waals surface area contributed by atoms with Gasteiger partial charge in [-0.15, -0.1) is 0 Å². The summed E-state index contributed by atoms with van der Waals surface area (Å²) in [5.41, 5.74) is 7.93. The molecule has 0 atom stereocenters. The molecule has 2 N–H and O–H groups in total. The van der Waals surface area contributed by atoms with E-state index in [0.29, 0.717) is 0 Å². The largest absolute Gasteiger partial charge is 0.399 e. The normalized spacial score (nSPS) is 11.4. The van der Waals surface area contributed by atoms with Crippen LogP contribution in [0.3, 0.4) is 0 Å². The molecule has 0 saturated heterocycles. The molecule has 2 heteroatoms. The lowest BCUT2D eigenvalue weighted by atomic mass is 9.99. The van der Waals surface area contributed by atoms with Crippen molar-refractivity contribution >= 4 is 11.4 Å². The standard InChI is InChI=1S/C12H20N2/c1-5-12(2,3)14(4)11-8-6-7-10(13)9-11/h6-9H,5,13H2,1-4H3. The first-order valence-corrected chi connectivity index (χ1v) is 5.07. The van der Waals surface area contributed by atoms with Crippen LogP contribution in [0.5, 0.6) is 0 Å². The van der Waals surface area contributed by atoms with Crippen molar-refractivity contribution in [3.8, 4) is 0 Å². The average molecular weight is 192 g/mol. The number of hydrogen-bond donors (Lipinski definition) is 1. The lowest BCUT2D eigenvalue weighted by molar-refractivity contribution is 0.471. The molecule has 0 aliphatic heterocycles. The summed E-state index contributed by atoms with van der Waals surface area (Å²) in [5, 5.41) is 0. The molecule has 14 heavy (non-hydrogen) atoms. The molecule has 0 fully saturated rings. The van der Waals surface area contributed by atoms with Crippen molar-refractivity contribution in [2.75, 3.05) is 17.7 Å². The van der Waals surface area contributed by atoms with Crippen molar-refractivity contribution in [1.29, 1.82) is 0 Å². The van der Waals surface area contributed by atoms with E-state index in [1.54, 1.807) is 0 Å². The molecule has 0 bridgehead atoms. The van der Waals surface area contributed by atoms with E-state index in [2.05, 4.69) is 38.8 Å². The molecule has 2 nitrogen and oxygen atoms in total. The van der Waals surface area contributed by atoms with E-state index in [0.717, 1.165) is 12.1 Å². The van der Waals surface area contributed by atoms with Crippen molar-refractivity contribution in [2.45, 2.75) is 32.7 Å². The van der Waals surface area contributed by atoms with Crippen LogP contribution in [0.25, 0.3) is 0 Å². The lowest BCUT2D eigenvalue weighted by Gasteiger charge is -2.36. The maximum absolute atomic E-state index is 5.75. The Morgan fingerprint density at radius 3 is 2.50 bits per heavy atom. The second kappa shape index (κ2) is 3.91. The lowest BCUT2D eigenvalue weighted by Crippen LogP contribution is -2.40. The summed E-state index contributed by atoms with van der Waals surface area (Å²) in [5.74, 6) is 0. The Balaban J connectivity index is 2.94. The fourth-order valence-corrected chi connectivity index (χ4v) is 1.32. The van der Waals surface area contributed by atoms with Gasteiger partial charge in [0.2, 0.25) is 0 Å². The predicted octanol–water partition coefficient (Wildman–Crippen LogP) is 2.89. The van der Waals surface area contributed by atoms with Gasteiger partial charge in [-0.3, -0.25) is 0 Å². The third-order valence-electron chi connectivity index (χ3n) is 3.03. The van der Waals surface area contributed by atoms with Crippen LogP contribution >= 0.6 is 0 Å². The van der Waals surface area contributed by atoms with E-state index in [1.807, 2.05) is 18.2 Å². The monoisotopic (exact) mass is 192 g/mol. The van der Waals surface area contributed by atoms with Crippen molar-refractivity contribution in [2.24, 2.45) is 0 Å². The molecule has 0 aromatic heterocycles. The Morgan fingerprint density at radius 2 is 2.00 bits per heavy atom. The first-order chi connectivity index (χ1) is 6.47. The maximum Gasteiger partial charge on any atom is 0.0388 e. The van der Waals surface area contributed by atoms with Gasteiger partial charge in [0, 0.05) is 24.0 Å². The van der Waals surface area contributed by atoms with Gasteiger partial charge in [0.25, 0.3) is 0 Å². The molecular weight excluding hydrogens is 172 g/mol. The highest BCUT2D eigenvalue weighted by Crippen LogP contribution is 2.25. The molecule has 0 heterocycles. The third kappa shape index (κ3) is 2.19. The third-order valence-corrected chi connectivity index (χ3v) is 3.03. The van der Waals surface area contributed by atoms with Crippen LogP contribution in [0.15, 0.2) is 24.3 Å². The Kier molecular flexibility index (Phi) is 3.04. The molecule has 78 valence electrons. The van der Waals surface area contributed by atoms with Gasteiger partial charge in [0.15, 0.2) is 0 Å². The van der Waals surface area contributed by atoms with Crippen LogP contribution in [-0.4, -0.2) is 12.6 Å². The van der Waals surface area contributed by atoms with Gasteiger partial charge in [-0.1, -0.05) is 13.0 Å². The van der Waals surface area contributed by atoms with E-state index < -0.39 is 0 Å². The minimum atomic E-state index is 0.174. The number of benzene rings is 1. The van der Waals surface area contributed by atoms with Crippen LogP contribution in [0.1, 0.15) is 27.2 Å². The van der Waals surface area contributed by atoms with Gasteiger partial charge >= 0.3 is 0 Å². The van der Waals surface area contributed by atoms with Crippen LogP contribution in [0.2, 0.25) is 0 Å². The summed E-state index contributed by atoms with van der Waals surface area (Å²) >= 11 is 0. The van der Waals surface area contributed by atoms with E-state index in [4.69, 9.17) is 5.73 Å². The smallest absolute Gasteiger partial charge is 0.0388 e. The average Bonchev–Trinajstić information content (AvgIpc) is 2.16. The highest BCUT2D eigenvalue weighted by molar-refractivity contribution is 5.56. The second-order valence-electron chi connectivity index (χ2n) is 4.32. The molecule has 0 aliphatic rings. The Bertz CT molecular complexity index is 305. The summed E-state index contributed by atoms with van der Waals surface area (Å²) in [6.07, 6.45) is 1.11. The first kappa shape index (κ1) is 10.9. The summed E-state index contributed by atoms with van der Waals surface area (Å²) in [6.45, 7) is 6.66. The Hall–Kier alpha value is -1.18. The zero-order valence-corrected chi connectivity index (χ0v) is 9.54. The zero-order chi connectivity index (χ0) is 10.8. The topological polar surface area (TPSA) is 29.3 Å². The number of hydrogen-bond acceptors (Lipinski definition) is 2. The molecule has 1 aromatic carbocycles. The van der Waals surface area contributed by atoms with Crippen molar-refractivity contribution in [1.82, 2.24) is 0 Å². The summed E-state index contributed by atoms with van der Waals surface area (Å²) < 4.78 is 0. The fraction of sp³-hybridized carbons (Fsp3) is 0.500. The van der Waals surface area contributed by atoms with E-state index in [9.17, 15) is 0 Å². The molecule has 0 saturated carbocycles. The first-order valence-electron chi connectivity index (χ1n) is 5.07. The number of nitrogen functional groups attached to an aromatic ring is 1. The number of nitrogens with zero attached hydrogens (tertiary/aromatic N) is 1. The van der Waals surface area contributed by atoms with Crippen molar-refractivity contribution in [3.05, 3.63) is 24.3 Å². The zero-order valence-electron chi connectivity index (χ0n) is 9.54. The van der Waals surface area contributed by atoms with Gasteiger partial charge in [0.05, 0.1) is 0 Å². The van der Waals surface area contributed by atoms with Crippen LogP contribution in [-0.2, 0) is 0 Å². The van der Waals surface area contributed by atoms with Gasteiger partial charge in [-0.05, 0) is 38.5 Å². The van der Waals surface area contributed by atoms with E-state index >= 15 is 0 Å². The van der Waals surface area contributed by atoms with Crippen LogP contribution in [0.4, 0.5) is 11.4 Å². The Morgan fingerprint density at radius 1 is 1.36 bits per heavy atom. The van der Waals surface area contributed by atoms with Gasteiger partial charge in [0.1, 0.15) is 0 Å². The summed E-state index contributed by atoms with van der Waals surface area (Å²) in [6, 6.07) is 8.01. The molecule has 1 rings (SSSR count). The SMILES string of the molecule is CCC(C)(C)N(C)c1cccc(N)c1. The van der Waals surface area contributed by atoms with Crippen LogP contribution in [0, 0.1) is 0 Å². The number of anilines is 2. The second-order valence-corrected chi connectivity index (χ2v) is 4.32. The van der Waals surface area contributed by atoms with E-state index in [-0.39, 0.29) is 5.54 Å². The van der Waals surface area contributed by atoms with Crippen molar-refractivity contribution in [3.63, 3.8) is 0 Å². The molecule has 0 spiro atoms. The Labute approximate surface area is 86.7 Å². The molecule has 0 unspecified atom stereocenters.